The minimum absolute atomic E-state index is 0.0888. The van der Waals surface area contributed by atoms with E-state index in [9.17, 15) is 4.79 Å². The van der Waals surface area contributed by atoms with E-state index >= 15 is 0 Å². The summed E-state index contributed by atoms with van der Waals surface area (Å²) in [6, 6.07) is 13.2. The second kappa shape index (κ2) is 17.3. The molecule has 0 atom stereocenters. The van der Waals surface area contributed by atoms with Crippen molar-refractivity contribution in [3.05, 3.63) is 64.2 Å². The van der Waals surface area contributed by atoms with Gasteiger partial charge in [0.25, 0.3) is 5.91 Å². The van der Waals surface area contributed by atoms with Crippen LogP contribution in [0.2, 0.25) is 5.02 Å². The molecule has 2 aromatic carbocycles. The summed E-state index contributed by atoms with van der Waals surface area (Å²) in [5.74, 6) is 1.91. The zero-order valence-corrected chi connectivity index (χ0v) is 24.5. The molecule has 0 aromatic heterocycles. The van der Waals surface area contributed by atoms with E-state index < -0.39 is 0 Å². The highest BCUT2D eigenvalue weighted by Crippen LogP contribution is 2.29. The molecule has 0 aliphatic carbocycles. The number of nitrogens with one attached hydrogen (secondary N) is 1. The zero-order chi connectivity index (χ0) is 27.0. The van der Waals surface area contributed by atoms with Crippen LogP contribution in [0.1, 0.15) is 83.6 Å². The van der Waals surface area contributed by atoms with Gasteiger partial charge in [-0.2, -0.15) is 0 Å². The summed E-state index contributed by atoms with van der Waals surface area (Å²) >= 11 is 8.16. The third kappa shape index (κ3) is 11.6. The molecule has 38 heavy (non-hydrogen) atoms. The lowest BCUT2D eigenvalue weighted by Gasteiger charge is -2.15. The average molecular weight is 559 g/mol. The van der Waals surface area contributed by atoms with Crippen molar-refractivity contribution in [1.82, 2.24) is 4.90 Å². The molecule has 1 heterocycles. The Bertz CT molecular complexity index is 1030. The van der Waals surface area contributed by atoms with Gasteiger partial charge in [-0.3, -0.25) is 4.79 Å². The van der Waals surface area contributed by atoms with E-state index in [0.29, 0.717) is 23.1 Å². The van der Waals surface area contributed by atoms with Crippen molar-refractivity contribution in [2.75, 3.05) is 24.4 Å². The van der Waals surface area contributed by atoms with Crippen LogP contribution in [0.15, 0.2) is 53.6 Å². The molecule has 0 saturated carbocycles. The summed E-state index contributed by atoms with van der Waals surface area (Å²) in [5.41, 5.74) is 1.91. The highest BCUT2D eigenvalue weighted by molar-refractivity contribution is 8.03. The number of carbonyl (C=O) groups is 1. The third-order valence-electron chi connectivity index (χ3n) is 6.45. The number of hydrogen-bond donors (Lipinski definition) is 1. The molecule has 0 saturated heterocycles. The number of carbonyl (C=O) groups excluding carboxylic acids is 1. The van der Waals surface area contributed by atoms with Gasteiger partial charge in [0.15, 0.2) is 6.61 Å². The molecule has 7 heteroatoms. The molecule has 2 aromatic rings. The summed E-state index contributed by atoms with van der Waals surface area (Å²) in [7, 11) is 0. The van der Waals surface area contributed by atoms with E-state index in [-0.39, 0.29) is 12.5 Å². The number of rotatable bonds is 18. The molecule has 208 valence electrons. The molecule has 3 rings (SSSR count). The Morgan fingerprint density at radius 2 is 1.71 bits per heavy atom. The van der Waals surface area contributed by atoms with Gasteiger partial charge in [-0.25, -0.2) is 0 Å². The van der Waals surface area contributed by atoms with E-state index in [4.69, 9.17) is 21.1 Å². The lowest BCUT2D eigenvalue weighted by molar-refractivity contribution is -0.118. The van der Waals surface area contributed by atoms with Gasteiger partial charge >= 0.3 is 0 Å². The molecule has 0 radical (unpaired) electrons. The highest BCUT2D eigenvalue weighted by Gasteiger charge is 2.11. The quantitative estimate of drug-likeness (QED) is 0.185. The summed E-state index contributed by atoms with van der Waals surface area (Å²) in [4.78, 5) is 16.1. The number of nitrogens with zero attached hydrogens (tertiary/aromatic N) is 1. The van der Waals surface area contributed by atoms with Gasteiger partial charge in [0.2, 0.25) is 0 Å². The minimum atomic E-state index is -0.211. The van der Waals surface area contributed by atoms with Crippen LogP contribution in [-0.2, 0) is 11.3 Å². The van der Waals surface area contributed by atoms with Gasteiger partial charge < -0.3 is 19.7 Å². The topological polar surface area (TPSA) is 50.8 Å². The van der Waals surface area contributed by atoms with Gasteiger partial charge in [0.05, 0.1) is 17.5 Å². The number of ether oxygens (including phenoxy) is 2. The van der Waals surface area contributed by atoms with Crippen LogP contribution in [0.3, 0.4) is 0 Å². The predicted molar refractivity (Wildman–Crippen MR) is 161 cm³/mol. The standard InChI is InChI=1S/C31H43ClN2O3S/c1-3-4-5-6-7-8-9-10-11-12-18-36-30-20-28(16-17-29(30)32)37-23-31(35)33-27-15-13-14-26(19-27)22-34-21-25(2)38-24-34/h13-17,19-21H,3-12,18,22-24H2,1-2H3,(H,33,35). The molecule has 0 fully saturated rings. The summed E-state index contributed by atoms with van der Waals surface area (Å²) in [6.07, 6.45) is 15.0. The van der Waals surface area contributed by atoms with Crippen molar-refractivity contribution in [3.8, 4) is 11.5 Å². The first-order valence-corrected chi connectivity index (χ1v) is 15.4. The second-order valence-corrected chi connectivity index (χ2v) is 11.5. The zero-order valence-electron chi connectivity index (χ0n) is 23.0. The highest BCUT2D eigenvalue weighted by atomic mass is 35.5. The number of amides is 1. The van der Waals surface area contributed by atoms with Crippen molar-refractivity contribution in [2.45, 2.75) is 84.6 Å². The van der Waals surface area contributed by atoms with Crippen LogP contribution in [0.4, 0.5) is 5.69 Å². The first-order valence-electron chi connectivity index (χ1n) is 14.0. The van der Waals surface area contributed by atoms with E-state index in [1.54, 1.807) is 18.2 Å². The van der Waals surface area contributed by atoms with Crippen LogP contribution >= 0.6 is 23.4 Å². The molecule has 0 bridgehead atoms. The van der Waals surface area contributed by atoms with Gasteiger partial charge in [0, 0.05) is 24.5 Å². The Kier molecular flexibility index (Phi) is 13.8. The van der Waals surface area contributed by atoms with E-state index in [2.05, 4.69) is 36.3 Å². The monoisotopic (exact) mass is 558 g/mol. The smallest absolute Gasteiger partial charge is 0.262 e. The Morgan fingerprint density at radius 1 is 0.974 bits per heavy atom. The van der Waals surface area contributed by atoms with Crippen LogP contribution in [0, 0.1) is 0 Å². The fraction of sp³-hybridized carbons (Fsp3) is 0.516. The summed E-state index contributed by atoms with van der Waals surface area (Å²) < 4.78 is 11.6. The van der Waals surface area contributed by atoms with Crippen molar-refractivity contribution < 1.29 is 14.3 Å². The maximum atomic E-state index is 12.5. The van der Waals surface area contributed by atoms with Crippen LogP contribution in [-0.4, -0.2) is 29.9 Å². The first-order chi connectivity index (χ1) is 18.5. The molecule has 0 unspecified atom stereocenters. The fourth-order valence-corrected chi connectivity index (χ4v) is 5.32. The van der Waals surface area contributed by atoms with Crippen molar-refractivity contribution >= 4 is 35.0 Å². The SMILES string of the molecule is CCCCCCCCCCCCOc1cc(OCC(=O)Nc2cccc(CN3C=C(C)SC3)c2)ccc1Cl. The lowest BCUT2D eigenvalue weighted by atomic mass is 10.1. The molecular formula is C31H43ClN2O3S. The maximum Gasteiger partial charge on any atom is 0.262 e. The Morgan fingerprint density at radius 3 is 2.42 bits per heavy atom. The van der Waals surface area contributed by atoms with E-state index in [1.165, 1.54) is 56.3 Å². The molecule has 0 spiro atoms. The predicted octanol–water partition coefficient (Wildman–Crippen LogP) is 9.02. The number of allylic oxidation sites excluding steroid dienone is 1. The number of hydrogen-bond acceptors (Lipinski definition) is 5. The van der Waals surface area contributed by atoms with Gasteiger partial charge in [-0.15, -0.1) is 11.8 Å². The van der Waals surface area contributed by atoms with Crippen LogP contribution in [0.25, 0.3) is 0 Å². The van der Waals surface area contributed by atoms with E-state index in [0.717, 1.165) is 36.5 Å². The molecule has 1 N–H and O–H groups in total. The summed E-state index contributed by atoms with van der Waals surface area (Å²) in [6.45, 7) is 5.73. The number of anilines is 1. The lowest BCUT2D eigenvalue weighted by Crippen LogP contribution is -2.20. The molecule has 1 amide bonds. The van der Waals surface area contributed by atoms with Gasteiger partial charge in [-0.05, 0) is 48.1 Å². The number of thioether (sulfide) groups is 1. The minimum Gasteiger partial charge on any atom is -0.492 e. The molecule has 1 aliphatic rings. The number of unbranched alkanes of at least 4 members (excludes halogenated alkanes) is 9. The Balaban J connectivity index is 1.34. The number of halogens is 1. The van der Waals surface area contributed by atoms with E-state index in [1.807, 2.05) is 30.0 Å². The van der Waals surface area contributed by atoms with Crippen molar-refractivity contribution in [1.29, 1.82) is 0 Å². The van der Waals surface area contributed by atoms with Crippen LogP contribution in [0.5, 0.6) is 11.5 Å². The molecule has 1 aliphatic heterocycles. The third-order valence-corrected chi connectivity index (χ3v) is 7.78. The first kappa shape index (κ1) is 30.2. The normalized spacial score (nSPS) is 12.9. The average Bonchev–Trinajstić information content (AvgIpc) is 3.31. The Hall–Kier alpha value is -2.31. The van der Waals surface area contributed by atoms with Gasteiger partial charge in [-0.1, -0.05) is 88.4 Å². The van der Waals surface area contributed by atoms with Crippen LogP contribution < -0.4 is 14.8 Å². The van der Waals surface area contributed by atoms with Crippen molar-refractivity contribution in [3.63, 3.8) is 0 Å². The Labute approximate surface area is 238 Å². The maximum absolute atomic E-state index is 12.5. The number of benzene rings is 2. The fourth-order valence-electron chi connectivity index (χ4n) is 4.39. The largest absolute Gasteiger partial charge is 0.492 e. The molecule has 5 nitrogen and oxygen atoms in total. The molecular weight excluding hydrogens is 516 g/mol. The van der Waals surface area contributed by atoms with Crippen molar-refractivity contribution in [2.24, 2.45) is 0 Å². The second-order valence-electron chi connectivity index (χ2n) is 9.92. The van der Waals surface area contributed by atoms with Gasteiger partial charge in [0.1, 0.15) is 11.5 Å². The summed E-state index contributed by atoms with van der Waals surface area (Å²) in [5, 5.41) is 3.48.